The van der Waals surface area contributed by atoms with Crippen LogP contribution in [0.15, 0.2) is 28.6 Å². The number of para-hydroxylation sites is 1. The van der Waals surface area contributed by atoms with Crippen molar-refractivity contribution >= 4 is 44.7 Å². The van der Waals surface area contributed by atoms with E-state index in [0.29, 0.717) is 11.5 Å². The van der Waals surface area contributed by atoms with Crippen LogP contribution in [0.4, 0.5) is 0 Å². The lowest BCUT2D eigenvalue weighted by Crippen LogP contribution is -1.93. The van der Waals surface area contributed by atoms with E-state index in [4.69, 9.17) is 19.4 Å². The lowest BCUT2D eigenvalue weighted by molar-refractivity contribution is 0.356. The van der Waals surface area contributed by atoms with Gasteiger partial charge in [-0.15, -0.1) is 22.7 Å². The molecule has 150 valence electrons. The van der Waals surface area contributed by atoms with Crippen LogP contribution in [-0.4, -0.2) is 29.2 Å². The number of nitrogens with zero attached hydrogens (tertiary/aromatic N) is 3. The predicted molar refractivity (Wildman–Crippen MR) is 122 cm³/mol. The molecular formula is C21H21N3O2S3. The molecule has 0 aliphatic heterocycles. The topological polar surface area (TPSA) is 57.1 Å². The molecule has 29 heavy (non-hydrogen) atoms. The quantitative estimate of drug-likeness (QED) is 0.267. The van der Waals surface area contributed by atoms with Gasteiger partial charge in [-0.05, 0) is 38.5 Å². The van der Waals surface area contributed by atoms with Crippen molar-refractivity contribution in [3.8, 4) is 22.1 Å². The number of thiazole rings is 1. The van der Waals surface area contributed by atoms with Crippen molar-refractivity contribution in [3.63, 3.8) is 0 Å². The number of rotatable bonds is 6. The van der Waals surface area contributed by atoms with Gasteiger partial charge in [-0.25, -0.2) is 15.0 Å². The Hall–Kier alpha value is -2.16. The zero-order valence-electron chi connectivity index (χ0n) is 16.9. The van der Waals surface area contributed by atoms with Crippen LogP contribution < -0.4 is 9.47 Å². The third-order valence-electron chi connectivity index (χ3n) is 4.65. The van der Waals surface area contributed by atoms with Gasteiger partial charge >= 0.3 is 0 Å². The van der Waals surface area contributed by atoms with Crippen molar-refractivity contribution in [2.24, 2.45) is 0 Å². The lowest BCUT2D eigenvalue weighted by atomic mass is 10.2. The summed E-state index contributed by atoms with van der Waals surface area (Å²) in [5, 5.41) is 5.22. The summed E-state index contributed by atoms with van der Waals surface area (Å²) in [6.45, 7) is 6.23. The van der Waals surface area contributed by atoms with Crippen molar-refractivity contribution < 1.29 is 9.47 Å². The fourth-order valence-electron chi connectivity index (χ4n) is 3.11. The monoisotopic (exact) mass is 443 g/mol. The zero-order valence-corrected chi connectivity index (χ0v) is 19.3. The Morgan fingerprint density at radius 3 is 2.62 bits per heavy atom. The molecule has 1 aromatic carbocycles. The predicted octanol–water partition coefficient (Wildman–Crippen LogP) is 6.05. The van der Waals surface area contributed by atoms with Gasteiger partial charge in [0.15, 0.2) is 11.5 Å². The maximum atomic E-state index is 5.56. The summed E-state index contributed by atoms with van der Waals surface area (Å²) in [6, 6.07) is 5.85. The van der Waals surface area contributed by atoms with E-state index in [1.54, 1.807) is 48.7 Å². The van der Waals surface area contributed by atoms with Gasteiger partial charge in [0.2, 0.25) is 0 Å². The number of ether oxygens (including phenoxy) is 2. The van der Waals surface area contributed by atoms with Gasteiger partial charge in [0, 0.05) is 21.4 Å². The maximum absolute atomic E-state index is 5.56. The fraction of sp³-hybridized carbons (Fsp3) is 0.286. The van der Waals surface area contributed by atoms with E-state index in [1.807, 2.05) is 25.1 Å². The summed E-state index contributed by atoms with van der Waals surface area (Å²) in [5.41, 5.74) is 3.24. The number of aromatic nitrogens is 3. The molecule has 0 unspecified atom stereocenters. The number of hydrogen-bond acceptors (Lipinski definition) is 8. The van der Waals surface area contributed by atoms with Gasteiger partial charge in [-0.2, -0.15) is 0 Å². The number of thiophene rings is 1. The fourth-order valence-corrected chi connectivity index (χ4v) is 6.22. The van der Waals surface area contributed by atoms with Crippen LogP contribution in [0.25, 0.3) is 20.8 Å². The minimum atomic E-state index is 0.707. The number of fused-ring (bicyclic) bond motifs is 1. The Labute approximate surface area is 182 Å². The Morgan fingerprint density at radius 1 is 1.03 bits per heavy atom. The number of aryl methyl sites for hydroxylation is 3. The second-order valence-electron chi connectivity index (χ2n) is 6.51. The standard InChI is InChI=1S/C21H21N3O2S3/c1-11-12(2)29-21-17(11)20(22-13(3)23-21)28-10-14-9-27-19(24-14)15-7-6-8-16(25-4)18(15)26-5/h6-9H,10H2,1-5H3. The molecular weight excluding hydrogens is 422 g/mol. The second kappa shape index (κ2) is 8.30. The molecule has 4 rings (SSSR count). The largest absolute Gasteiger partial charge is 0.493 e. The van der Waals surface area contributed by atoms with Gasteiger partial charge in [0.05, 0.1) is 25.5 Å². The highest BCUT2D eigenvalue weighted by Crippen LogP contribution is 2.40. The van der Waals surface area contributed by atoms with Gasteiger partial charge in [0.25, 0.3) is 0 Å². The van der Waals surface area contributed by atoms with Gasteiger partial charge < -0.3 is 9.47 Å². The van der Waals surface area contributed by atoms with E-state index in [2.05, 4.69) is 24.2 Å². The number of benzene rings is 1. The normalized spacial score (nSPS) is 11.2. The number of methoxy groups -OCH3 is 2. The molecule has 3 aromatic heterocycles. The first-order chi connectivity index (χ1) is 14.0. The molecule has 0 bridgehead atoms. The Morgan fingerprint density at radius 2 is 1.86 bits per heavy atom. The number of thioether (sulfide) groups is 1. The van der Waals surface area contributed by atoms with E-state index >= 15 is 0 Å². The summed E-state index contributed by atoms with van der Waals surface area (Å²) in [5.74, 6) is 2.98. The minimum Gasteiger partial charge on any atom is -0.493 e. The molecule has 0 aliphatic rings. The smallest absolute Gasteiger partial charge is 0.170 e. The first-order valence-corrected chi connectivity index (χ1v) is 11.7. The van der Waals surface area contributed by atoms with Crippen LogP contribution >= 0.6 is 34.4 Å². The van der Waals surface area contributed by atoms with Crippen molar-refractivity contribution in [2.45, 2.75) is 31.6 Å². The summed E-state index contributed by atoms with van der Waals surface area (Å²) in [7, 11) is 3.30. The molecule has 0 radical (unpaired) electrons. The average molecular weight is 444 g/mol. The molecule has 0 saturated heterocycles. The van der Waals surface area contributed by atoms with Crippen LogP contribution in [0.2, 0.25) is 0 Å². The summed E-state index contributed by atoms with van der Waals surface area (Å²) >= 11 is 5.06. The van der Waals surface area contributed by atoms with E-state index in [0.717, 1.165) is 37.7 Å². The molecule has 3 heterocycles. The van der Waals surface area contributed by atoms with Crippen LogP contribution in [-0.2, 0) is 5.75 Å². The van der Waals surface area contributed by atoms with E-state index in [-0.39, 0.29) is 0 Å². The highest BCUT2D eigenvalue weighted by Gasteiger charge is 2.17. The molecule has 0 fully saturated rings. The van der Waals surface area contributed by atoms with Crippen molar-refractivity contribution in [1.29, 1.82) is 0 Å². The molecule has 0 saturated carbocycles. The van der Waals surface area contributed by atoms with Gasteiger partial charge in [-0.1, -0.05) is 17.8 Å². The first-order valence-electron chi connectivity index (χ1n) is 9.04. The Kier molecular flexibility index (Phi) is 5.76. The van der Waals surface area contributed by atoms with Crippen LogP contribution in [0.5, 0.6) is 11.5 Å². The maximum Gasteiger partial charge on any atom is 0.170 e. The van der Waals surface area contributed by atoms with Crippen LogP contribution in [0.1, 0.15) is 22.0 Å². The van der Waals surface area contributed by atoms with Gasteiger partial charge in [-0.3, -0.25) is 0 Å². The van der Waals surface area contributed by atoms with Crippen LogP contribution in [0.3, 0.4) is 0 Å². The molecule has 0 aliphatic carbocycles. The minimum absolute atomic E-state index is 0.707. The summed E-state index contributed by atoms with van der Waals surface area (Å²) < 4.78 is 11.0. The van der Waals surface area contributed by atoms with E-state index in [9.17, 15) is 0 Å². The molecule has 0 spiro atoms. The average Bonchev–Trinajstić information content (AvgIpc) is 3.30. The number of hydrogen-bond donors (Lipinski definition) is 0. The molecule has 0 amide bonds. The van der Waals surface area contributed by atoms with Crippen LogP contribution in [0, 0.1) is 20.8 Å². The van der Waals surface area contributed by atoms with Gasteiger partial charge in [0.1, 0.15) is 20.7 Å². The third-order valence-corrected chi connectivity index (χ3v) is 7.68. The zero-order chi connectivity index (χ0) is 20.5. The molecule has 4 aromatic rings. The van der Waals surface area contributed by atoms with E-state index < -0.39 is 0 Å². The second-order valence-corrected chi connectivity index (χ2v) is 9.54. The summed E-state index contributed by atoms with van der Waals surface area (Å²) in [6.07, 6.45) is 0. The highest BCUT2D eigenvalue weighted by molar-refractivity contribution is 7.98. The summed E-state index contributed by atoms with van der Waals surface area (Å²) in [4.78, 5) is 16.5. The van der Waals surface area contributed by atoms with Crippen molar-refractivity contribution in [3.05, 3.63) is 45.5 Å². The van der Waals surface area contributed by atoms with E-state index in [1.165, 1.54) is 15.8 Å². The highest BCUT2D eigenvalue weighted by atomic mass is 32.2. The molecule has 0 atom stereocenters. The lowest BCUT2D eigenvalue weighted by Gasteiger charge is -2.10. The Balaban J connectivity index is 1.61. The molecule has 5 nitrogen and oxygen atoms in total. The molecule has 0 N–H and O–H groups in total. The van der Waals surface area contributed by atoms with Crippen molar-refractivity contribution in [1.82, 2.24) is 15.0 Å². The third kappa shape index (κ3) is 3.84. The molecule has 8 heteroatoms. The SMILES string of the molecule is COc1cccc(-c2nc(CSc3nc(C)nc4sc(C)c(C)c34)cs2)c1OC. The Bertz CT molecular complexity index is 1180. The van der Waals surface area contributed by atoms with Crippen molar-refractivity contribution in [2.75, 3.05) is 14.2 Å². The first kappa shape index (κ1) is 20.1.